The minimum atomic E-state index is -0.580. The lowest BCUT2D eigenvalue weighted by atomic mass is 9.66. The van der Waals surface area contributed by atoms with Gasteiger partial charge in [0, 0.05) is 38.9 Å². The van der Waals surface area contributed by atoms with Gasteiger partial charge in [-0.15, -0.1) is 0 Å². The number of benzene rings is 9. The summed E-state index contributed by atoms with van der Waals surface area (Å²) >= 11 is 0. The fraction of sp³-hybridized carbons (Fsp3) is 0.0182. The first-order valence-electron chi connectivity index (χ1n) is 20.2. The summed E-state index contributed by atoms with van der Waals surface area (Å²) in [7, 11) is 0. The molecule has 4 nitrogen and oxygen atoms in total. The molecule has 274 valence electrons. The number of ether oxygens (including phenoxy) is 1. The van der Waals surface area contributed by atoms with E-state index in [1.54, 1.807) is 0 Å². The summed E-state index contributed by atoms with van der Waals surface area (Å²) in [5.41, 5.74) is 14.0. The quantitative estimate of drug-likeness (QED) is 0.180. The molecule has 2 aromatic heterocycles. The van der Waals surface area contributed by atoms with Gasteiger partial charge in [-0.2, -0.15) is 0 Å². The van der Waals surface area contributed by atoms with Crippen LogP contribution < -0.4 is 4.74 Å². The van der Waals surface area contributed by atoms with Gasteiger partial charge in [-0.05, 0) is 68.4 Å². The molecule has 0 unspecified atom stereocenters. The molecular formula is C55H33N3O. The van der Waals surface area contributed by atoms with Gasteiger partial charge in [-0.3, -0.25) is 4.57 Å². The van der Waals surface area contributed by atoms with Crippen LogP contribution in [0.2, 0.25) is 0 Å². The summed E-state index contributed by atoms with van der Waals surface area (Å²) in [5.74, 6) is 2.30. The second-order valence-electron chi connectivity index (χ2n) is 15.7. The van der Waals surface area contributed by atoms with Crippen LogP contribution in [0.5, 0.6) is 11.5 Å². The average molecular weight is 752 g/mol. The Hall–Kier alpha value is -7.82. The molecule has 1 aliphatic carbocycles. The van der Waals surface area contributed by atoms with Gasteiger partial charge in [-0.1, -0.05) is 170 Å². The van der Waals surface area contributed by atoms with Crippen LogP contribution >= 0.6 is 0 Å². The van der Waals surface area contributed by atoms with E-state index in [0.29, 0.717) is 5.95 Å². The molecule has 0 saturated carbocycles. The fourth-order valence-corrected chi connectivity index (χ4v) is 10.2. The standard InChI is InChI=1S/C55H33N3O/c1-2-14-34(15-3-1)35-26-28-37(29-27-35)53-41-20-8-12-24-47(41)56-54(57-53)58-48-31-30-36-16-4-5-17-38(36)52(48)42-32-46-51(33-49(42)58)59-50-25-13-11-23-45(50)55(46)43-21-9-6-18-39(43)40-19-7-10-22-44(40)55/h1-33H. The first-order chi connectivity index (χ1) is 29.3. The molecule has 4 heteroatoms. The smallest absolute Gasteiger partial charge is 0.235 e. The van der Waals surface area contributed by atoms with Crippen LogP contribution in [0.15, 0.2) is 200 Å². The lowest BCUT2D eigenvalue weighted by molar-refractivity contribution is 0.437. The van der Waals surface area contributed by atoms with Gasteiger partial charge in [0.1, 0.15) is 11.5 Å². The Balaban J connectivity index is 1.13. The number of nitrogens with zero attached hydrogens (tertiary/aromatic N) is 3. The summed E-state index contributed by atoms with van der Waals surface area (Å²) < 4.78 is 9.28. The Morgan fingerprint density at radius 2 is 1.03 bits per heavy atom. The van der Waals surface area contributed by atoms with Crippen molar-refractivity contribution in [2.24, 2.45) is 0 Å². The Bertz CT molecular complexity index is 3480. The van der Waals surface area contributed by atoms with Crippen LogP contribution in [0.3, 0.4) is 0 Å². The first kappa shape index (κ1) is 32.3. The molecule has 9 aromatic carbocycles. The van der Waals surface area contributed by atoms with Crippen molar-refractivity contribution in [3.05, 3.63) is 222 Å². The Morgan fingerprint density at radius 3 is 1.83 bits per heavy atom. The summed E-state index contributed by atoms with van der Waals surface area (Å²) in [6, 6.07) is 71.7. The predicted octanol–water partition coefficient (Wildman–Crippen LogP) is 13.7. The fourth-order valence-electron chi connectivity index (χ4n) is 10.2. The topological polar surface area (TPSA) is 39.9 Å². The van der Waals surface area contributed by atoms with E-state index in [2.05, 4.69) is 205 Å². The monoisotopic (exact) mass is 751 g/mol. The number of hydrogen-bond acceptors (Lipinski definition) is 3. The molecule has 13 rings (SSSR count). The van der Waals surface area contributed by atoms with E-state index in [4.69, 9.17) is 14.7 Å². The van der Waals surface area contributed by atoms with E-state index in [1.807, 2.05) is 0 Å². The second-order valence-corrected chi connectivity index (χ2v) is 15.7. The Kier molecular flexibility index (Phi) is 6.62. The maximum atomic E-state index is 7.03. The highest BCUT2D eigenvalue weighted by molar-refractivity contribution is 6.22. The van der Waals surface area contributed by atoms with Crippen LogP contribution in [-0.4, -0.2) is 14.5 Å². The molecule has 0 bridgehead atoms. The molecule has 3 heterocycles. The molecule has 0 N–H and O–H groups in total. The van der Waals surface area contributed by atoms with Gasteiger partial charge in [0.15, 0.2) is 0 Å². The summed E-state index contributed by atoms with van der Waals surface area (Å²) in [4.78, 5) is 10.8. The van der Waals surface area contributed by atoms with Crippen LogP contribution in [0.1, 0.15) is 22.3 Å². The number of rotatable bonds is 3. The van der Waals surface area contributed by atoms with Crippen molar-refractivity contribution < 1.29 is 4.74 Å². The van der Waals surface area contributed by atoms with Crippen molar-refractivity contribution in [2.45, 2.75) is 5.41 Å². The molecule has 0 atom stereocenters. The highest BCUT2D eigenvalue weighted by Crippen LogP contribution is 2.62. The number of aromatic nitrogens is 3. The predicted molar refractivity (Wildman–Crippen MR) is 240 cm³/mol. The van der Waals surface area contributed by atoms with Gasteiger partial charge in [-0.25, -0.2) is 9.97 Å². The number of hydrogen-bond donors (Lipinski definition) is 0. The zero-order chi connectivity index (χ0) is 38.7. The van der Waals surface area contributed by atoms with Gasteiger partial charge >= 0.3 is 0 Å². The molecule has 1 spiro atoms. The van der Waals surface area contributed by atoms with E-state index in [0.717, 1.165) is 61.2 Å². The van der Waals surface area contributed by atoms with Gasteiger partial charge in [0.2, 0.25) is 5.95 Å². The number of fused-ring (bicyclic) bond motifs is 15. The zero-order valence-corrected chi connectivity index (χ0v) is 31.8. The van der Waals surface area contributed by atoms with Crippen LogP contribution in [0, 0.1) is 0 Å². The van der Waals surface area contributed by atoms with Crippen molar-refractivity contribution in [1.29, 1.82) is 0 Å². The van der Waals surface area contributed by atoms with Crippen molar-refractivity contribution in [2.75, 3.05) is 0 Å². The second kappa shape index (κ2) is 12.1. The lowest BCUT2D eigenvalue weighted by Gasteiger charge is -2.39. The number of para-hydroxylation sites is 2. The Labute approximate surface area is 340 Å². The van der Waals surface area contributed by atoms with E-state index in [1.165, 1.54) is 49.5 Å². The highest BCUT2D eigenvalue weighted by atomic mass is 16.5. The third-order valence-electron chi connectivity index (χ3n) is 12.7. The normalized spacial score (nSPS) is 13.4. The molecule has 0 fully saturated rings. The molecule has 0 saturated heterocycles. The van der Waals surface area contributed by atoms with Crippen molar-refractivity contribution in [1.82, 2.24) is 14.5 Å². The Morgan fingerprint density at radius 1 is 0.407 bits per heavy atom. The van der Waals surface area contributed by atoms with Crippen LogP contribution in [-0.2, 0) is 5.41 Å². The SMILES string of the molecule is c1ccc(-c2ccc(-c3nc(-n4c5cc6c(cc5c5c7ccccc7ccc54)C4(c5ccccc5O6)c5ccccc5-c5ccccc54)nc4ccccc34)cc2)cc1. The average Bonchev–Trinajstić information content (AvgIpc) is 3.79. The third kappa shape index (κ3) is 4.43. The zero-order valence-electron chi connectivity index (χ0n) is 31.8. The lowest BCUT2D eigenvalue weighted by Crippen LogP contribution is -2.32. The van der Waals surface area contributed by atoms with E-state index >= 15 is 0 Å². The largest absolute Gasteiger partial charge is 0.457 e. The molecular weight excluding hydrogens is 719 g/mol. The van der Waals surface area contributed by atoms with Crippen LogP contribution in [0.4, 0.5) is 0 Å². The summed E-state index contributed by atoms with van der Waals surface area (Å²) in [6.07, 6.45) is 0. The van der Waals surface area contributed by atoms with E-state index < -0.39 is 5.41 Å². The summed E-state index contributed by atoms with van der Waals surface area (Å²) in [5, 5.41) is 5.67. The molecule has 1 aliphatic heterocycles. The summed E-state index contributed by atoms with van der Waals surface area (Å²) in [6.45, 7) is 0. The molecule has 59 heavy (non-hydrogen) atoms. The highest BCUT2D eigenvalue weighted by Gasteiger charge is 2.51. The maximum Gasteiger partial charge on any atom is 0.235 e. The van der Waals surface area contributed by atoms with E-state index in [-0.39, 0.29) is 0 Å². The van der Waals surface area contributed by atoms with Gasteiger partial charge in [0.25, 0.3) is 0 Å². The van der Waals surface area contributed by atoms with Crippen molar-refractivity contribution in [3.8, 4) is 51.0 Å². The van der Waals surface area contributed by atoms with Gasteiger partial charge in [0.05, 0.1) is 27.7 Å². The maximum absolute atomic E-state index is 7.03. The minimum absolute atomic E-state index is 0.580. The molecule has 2 aliphatic rings. The molecule has 0 amide bonds. The third-order valence-corrected chi connectivity index (χ3v) is 12.7. The molecule has 11 aromatic rings. The first-order valence-corrected chi connectivity index (χ1v) is 20.2. The van der Waals surface area contributed by atoms with Gasteiger partial charge < -0.3 is 4.74 Å². The van der Waals surface area contributed by atoms with Crippen molar-refractivity contribution in [3.63, 3.8) is 0 Å². The van der Waals surface area contributed by atoms with Crippen LogP contribution in [0.25, 0.3) is 82.9 Å². The minimum Gasteiger partial charge on any atom is -0.457 e. The van der Waals surface area contributed by atoms with Crippen molar-refractivity contribution >= 4 is 43.5 Å². The van der Waals surface area contributed by atoms with E-state index in [9.17, 15) is 0 Å². The molecule has 0 radical (unpaired) electrons.